The standard InChI is InChI=1S/C27H19NO/c1-27(2)20-14-13-18-16-8-4-6-10-22(16)29-26(18)23(20)19-12-11-17-15-7-3-5-9-21(15)28-25(17)24(19)27/h3-14,28H,1-2H3. The van der Waals surface area contributed by atoms with Crippen LogP contribution in [0.15, 0.2) is 77.2 Å². The van der Waals surface area contributed by atoms with Gasteiger partial charge in [0.2, 0.25) is 0 Å². The summed E-state index contributed by atoms with van der Waals surface area (Å²) in [5.41, 5.74) is 9.54. The van der Waals surface area contributed by atoms with E-state index in [0.29, 0.717) is 0 Å². The number of hydrogen-bond acceptors (Lipinski definition) is 1. The van der Waals surface area contributed by atoms with Crippen molar-refractivity contribution in [1.82, 2.24) is 4.98 Å². The van der Waals surface area contributed by atoms with Crippen molar-refractivity contribution in [3.05, 3.63) is 83.9 Å². The summed E-state index contributed by atoms with van der Waals surface area (Å²) >= 11 is 0. The minimum absolute atomic E-state index is 0.0990. The van der Waals surface area contributed by atoms with E-state index in [2.05, 4.69) is 85.6 Å². The maximum Gasteiger partial charge on any atom is 0.143 e. The molecule has 0 aliphatic heterocycles. The zero-order valence-electron chi connectivity index (χ0n) is 16.3. The molecular weight excluding hydrogens is 354 g/mol. The number of benzene rings is 4. The van der Waals surface area contributed by atoms with Crippen molar-refractivity contribution >= 4 is 43.7 Å². The van der Waals surface area contributed by atoms with Crippen LogP contribution in [0, 0.1) is 0 Å². The molecule has 4 aromatic carbocycles. The Balaban J connectivity index is 1.68. The second kappa shape index (κ2) is 4.90. The fourth-order valence-electron chi connectivity index (χ4n) is 5.49. The van der Waals surface area contributed by atoms with Crippen molar-refractivity contribution in [1.29, 1.82) is 0 Å². The molecule has 0 amide bonds. The topological polar surface area (TPSA) is 28.9 Å². The first-order chi connectivity index (χ1) is 14.1. The van der Waals surface area contributed by atoms with E-state index in [-0.39, 0.29) is 5.41 Å². The van der Waals surface area contributed by atoms with Crippen LogP contribution in [0.3, 0.4) is 0 Å². The summed E-state index contributed by atoms with van der Waals surface area (Å²) in [6.07, 6.45) is 0. The van der Waals surface area contributed by atoms with E-state index in [1.165, 1.54) is 54.8 Å². The van der Waals surface area contributed by atoms with Gasteiger partial charge in [-0.05, 0) is 28.8 Å². The number of fused-ring (bicyclic) bond motifs is 11. The molecule has 1 aliphatic carbocycles. The summed E-state index contributed by atoms with van der Waals surface area (Å²) in [7, 11) is 0. The molecule has 138 valence electrons. The minimum atomic E-state index is -0.0990. The molecule has 0 unspecified atom stereocenters. The number of nitrogens with one attached hydrogen (secondary N) is 1. The van der Waals surface area contributed by atoms with Gasteiger partial charge in [0.15, 0.2) is 0 Å². The lowest BCUT2D eigenvalue weighted by Crippen LogP contribution is -2.15. The first kappa shape index (κ1) is 15.4. The Bertz CT molecular complexity index is 1630. The lowest BCUT2D eigenvalue weighted by molar-refractivity contribution is 0.656. The van der Waals surface area contributed by atoms with Crippen LogP contribution in [-0.4, -0.2) is 4.98 Å². The van der Waals surface area contributed by atoms with E-state index < -0.39 is 0 Å². The van der Waals surface area contributed by atoms with Crippen molar-refractivity contribution in [2.24, 2.45) is 0 Å². The molecule has 2 aromatic heterocycles. The van der Waals surface area contributed by atoms with E-state index in [1.54, 1.807) is 0 Å². The predicted octanol–water partition coefficient (Wildman–Crippen LogP) is 7.53. The van der Waals surface area contributed by atoms with Crippen LogP contribution >= 0.6 is 0 Å². The van der Waals surface area contributed by atoms with Crippen LogP contribution < -0.4 is 0 Å². The SMILES string of the molecule is CC1(C)c2ccc3c(oc4ccccc43)c2-c2ccc3c([nH]c4ccccc43)c21. The molecule has 7 rings (SSSR count). The van der Waals surface area contributed by atoms with Gasteiger partial charge in [-0.3, -0.25) is 0 Å². The average molecular weight is 373 g/mol. The van der Waals surface area contributed by atoms with Gasteiger partial charge in [-0.2, -0.15) is 0 Å². The third kappa shape index (κ3) is 1.73. The Morgan fingerprint density at radius 3 is 2.38 bits per heavy atom. The number of aromatic amines is 1. The van der Waals surface area contributed by atoms with E-state index in [0.717, 1.165) is 11.2 Å². The Kier molecular flexibility index (Phi) is 2.60. The van der Waals surface area contributed by atoms with E-state index in [9.17, 15) is 0 Å². The quantitative estimate of drug-likeness (QED) is 0.293. The van der Waals surface area contributed by atoms with Crippen LogP contribution in [-0.2, 0) is 5.41 Å². The molecule has 1 N–H and O–H groups in total. The summed E-state index contributed by atoms with van der Waals surface area (Å²) in [4.78, 5) is 3.71. The molecule has 6 aromatic rings. The van der Waals surface area contributed by atoms with Gasteiger partial charge >= 0.3 is 0 Å². The smallest absolute Gasteiger partial charge is 0.143 e. The molecule has 0 fully saturated rings. The summed E-state index contributed by atoms with van der Waals surface area (Å²) in [6.45, 7) is 4.66. The zero-order chi connectivity index (χ0) is 19.3. The van der Waals surface area contributed by atoms with E-state index in [4.69, 9.17) is 4.42 Å². The molecule has 1 aliphatic rings. The maximum absolute atomic E-state index is 6.41. The first-order valence-corrected chi connectivity index (χ1v) is 10.1. The fraction of sp³-hybridized carbons (Fsp3) is 0.111. The molecule has 0 atom stereocenters. The molecule has 2 heteroatoms. The van der Waals surface area contributed by atoms with Crippen LogP contribution in [0.5, 0.6) is 0 Å². The number of hydrogen-bond donors (Lipinski definition) is 1. The van der Waals surface area contributed by atoms with Gasteiger partial charge in [-0.15, -0.1) is 0 Å². The summed E-state index contributed by atoms with van der Waals surface area (Å²) in [5.74, 6) is 0. The number of para-hydroxylation sites is 2. The number of rotatable bonds is 0. The largest absolute Gasteiger partial charge is 0.455 e. The van der Waals surface area contributed by atoms with Crippen molar-refractivity contribution in [2.45, 2.75) is 19.3 Å². The molecule has 0 radical (unpaired) electrons. The minimum Gasteiger partial charge on any atom is -0.455 e. The average Bonchev–Trinajstić information content (AvgIpc) is 3.36. The number of H-pyrrole nitrogens is 1. The van der Waals surface area contributed by atoms with Crippen LogP contribution in [0.4, 0.5) is 0 Å². The third-order valence-electron chi connectivity index (χ3n) is 6.80. The Morgan fingerprint density at radius 2 is 1.48 bits per heavy atom. The van der Waals surface area contributed by atoms with Crippen molar-refractivity contribution < 1.29 is 4.42 Å². The number of furan rings is 1. The summed E-state index contributed by atoms with van der Waals surface area (Å²) < 4.78 is 6.41. The first-order valence-electron chi connectivity index (χ1n) is 10.1. The lowest BCUT2D eigenvalue weighted by atomic mass is 9.81. The monoisotopic (exact) mass is 373 g/mol. The molecule has 0 saturated heterocycles. The highest BCUT2D eigenvalue weighted by atomic mass is 16.3. The number of aromatic nitrogens is 1. The molecule has 0 bridgehead atoms. The highest BCUT2D eigenvalue weighted by Crippen LogP contribution is 2.54. The predicted molar refractivity (Wildman–Crippen MR) is 121 cm³/mol. The van der Waals surface area contributed by atoms with Crippen molar-refractivity contribution in [2.75, 3.05) is 0 Å². The van der Waals surface area contributed by atoms with Crippen LogP contribution in [0.2, 0.25) is 0 Å². The van der Waals surface area contributed by atoms with Crippen molar-refractivity contribution in [3.63, 3.8) is 0 Å². The normalized spacial score (nSPS) is 14.8. The second-order valence-corrected chi connectivity index (χ2v) is 8.67. The summed E-state index contributed by atoms with van der Waals surface area (Å²) in [6, 6.07) is 26.0. The van der Waals surface area contributed by atoms with Gasteiger partial charge in [0, 0.05) is 38.0 Å². The van der Waals surface area contributed by atoms with Gasteiger partial charge in [0.05, 0.1) is 5.52 Å². The van der Waals surface area contributed by atoms with Gasteiger partial charge in [0.1, 0.15) is 11.2 Å². The van der Waals surface area contributed by atoms with Gasteiger partial charge < -0.3 is 9.40 Å². The highest BCUT2D eigenvalue weighted by molar-refractivity contribution is 6.15. The molecule has 2 heterocycles. The Morgan fingerprint density at radius 1 is 0.724 bits per heavy atom. The van der Waals surface area contributed by atoms with E-state index in [1.807, 2.05) is 6.07 Å². The molecule has 29 heavy (non-hydrogen) atoms. The Hall–Kier alpha value is -3.52. The molecular formula is C27H19NO. The molecule has 0 saturated carbocycles. The van der Waals surface area contributed by atoms with Crippen molar-refractivity contribution in [3.8, 4) is 11.1 Å². The zero-order valence-corrected chi connectivity index (χ0v) is 16.3. The van der Waals surface area contributed by atoms with Gasteiger partial charge in [-0.1, -0.05) is 74.5 Å². The van der Waals surface area contributed by atoms with E-state index >= 15 is 0 Å². The third-order valence-corrected chi connectivity index (χ3v) is 6.80. The maximum atomic E-state index is 6.41. The van der Waals surface area contributed by atoms with Gasteiger partial charge in [0.25, 0.3) is 0 Å². The Labute approximate surface area is 167 Å². The molecule has 2 nitrogen and oxygen atoms in total. The van der Waals surface area contributed by atoms with Gasteiger partial charge in [-0.25, -0.2) is 0 Å². The highest BCUT2D eigenvalue weighted by Gasteiger charge is 2.39. The molecule has 0 spiro atoms. The fourth-order valence-corrected chi connectivity index (χ4v) is 5.49. The second-order valence-electron chi connectivity index (χ2n) is 8.67. The lowest BCUT2D eigenvalue weighted by Gasteiger charge is -2.22. The van der Waals surface area contributed by atoms with Crippen LogP contribution in [0.25, 0.3) is 54.9 Å². The summed E-state index contributed by atoms with van der Waals surface area (Å²) in [5, 5.41) is 4.95. The van der Waals surface area contributed by atoms with Crippen LogP contribution in [0.1, 0.15) is 25.0 Å².